The second kappa shape index (κ2) is 7.43. The fraction of sp³-hybridized carbons (Fsp3) is 0.562. The number of aromatic carboxylic acids is 1. The minimum atomic E-state index is -1.20. The molecule has 0 amide bonds. The highest BCUT2D eigenvalue weighted by atomic mass is 16.5. The van der Waals surface area contributed by atoms with Crippen LogP contribution in [0.15, 0.2) is 24.3 Å². The van der Waals surface area contributed by atoms with Crippen molar-refractivity contribution in [3.05, 3.63) is 29.8 Å². The molecule has 1 aromatic carbocycles. The van der Waals surface area contributed by atoms with Gasteiger partial charge in [-0.15, -0.1) is 0 Å². The van der Waals surface area contributed by atoms with Gasteiger partial charge in [0.15, 0.2) is 0 Å². The van der Waals surface area contributed by atoms with E-state index in [4.69, 9.17) is 4.74 Å². The molecule has 0 saturated carbocycles. The van der Waals surface area contributed by atoms with Gasteiger partial charge >= 0.3 is 0 Å². The molecule has 0 spiro atoms. The third kappa shape index (κ3) is 5.02. The first-order valence-corrected chi connectivity index (χ1v) is 7.50. The number of aliphatic hydroxyl groups is 1. The maximum absolute atomic E-state index is 10.6. The summed E-state index contributed by atoms with van der Waals surface area (Å²) in [5.74, 6) is 0.148. The van der Waals surface area contributed by atoms with Crippen molar-refractivity contribution in [2.24, 2.45) is 5.92 Å². The molecule has 1 heterocycles. The Morgan fingerprint density at radius 3 is 2.57 bits per heavy atom. The van der Waals surface area contributed by atoms with Crippen LogP contribution in [0.4, 0.5) is 0 Å². The molecule has 116 valence electrons. The van der Waals surface area contributed by atoms with Crippen LogP contribution >= 0.6 is 0 Å². The van der Waals surface area contributed by atoms with Gasteiger partial charge < -0.3 is 24.6 Å². The average molecular weight is 293 g/mol. The van der Waals surface area contributed by atoms with E-state index >= 15 is 0 Å². The standard InChI is InChI=1S/C16H23NO4/c1-12-6-8-17(9-7-12)10-14(18)11-21-15-4-2-13(3-5-15)16(19)20/h2-5,12,14,18H,6-11H2,1H3,(H,19,20)/t14-/m1/s1. The highest BCUT2D eigenvalue weighted by molar-refractivity contribution is 5.85. The Balaban J connectivity index is 1.73. The lowest BCUT2D eigenvalue weighted by molar-refractivity contribution is -0.909. The first-order valence-electron chi connectivity index (χ1n) is 7.50. The van der Waals surface area contributed by atoms with Crippen LogP contribution in [0.2, 0.25) is 0 Å². The number of carboxylic acids is 1. The summed E-state index contributed by atoms with van der Waals surface area (Å²) in [6, 6.07) is 6.03. The van der Waals surface area contributed by atoms with E-state index in [0.717, 1.165) is 19.0 Å². The number of carbonyl (C=O) groups excluding carboxylic acids is 1. The second-order valence-electron chi connectivity index (χ2n) is 5.91. The molecule has 1 aliphatic heterocycles. The predicted octanol–water partition coefficient (Wildman–Crippen LogP) is -0.895. The minimum Gasteiger partial charge on any atom is -0.545 e. The molecular weight excluding hydrogens is 270 g/mol. The normalized spacial score (nSPS) is 23.5. The van der Waals surface area contributed by atoms with E-state index in [0.29, 0.717) is 12.3 Å². The first kappa shape index (κ1) is 15.8. The summed E-state index contributed by atoms with van der Waals surface area (Å²) in [4.78, 5) is 12.1. The number of rotatable bonds is 6. The van der Waals surface area contributed by atoms with Crippen molar-refractivity contribution in [2.75, 3.05) is 26.2 Å². The van der Waals surface area contributed by atoms with Crippen molar-refractivity contribution >= 4 is 5.97 Å². The first-order chi connectivity index (χ1) is 10.0. The summed E-state index contributed by atoms with van der Waals surface area (Å²) >= 11 is 0. The molecule has 2 rings (SSSR count). The van der Waals surface area contributed by atoms with Gasteiger partial charge in [0.1, 0.15) is 25.0 Å². The lowest BCUT2D eigenvalue weighted by Gasteiger charge is -2.28. The summed E-state index contributed by atoms with van der Waals surface area (Å²) < 4.78 is 5.49. The zero-order chi connectivity index (χ0) is 15.2. The monoisotopic (exact) mass is 293 g/mol. The fourth-order valence-corrected chi connectivity index (χ4v) is 2.65. The number of benzene rings is 1. The Hall–Kier alpha value is -1.59. The van der Waals surface area contributed by atoms with Gasteiger partial charge in [-0.2, -0.15) is 0 Å². The van der Waals surface area contributed by atoms with Gasteiger partial charge in [-0.3, -0.25) is 0 Å². The quantitative estimate of drug-likeness (QED) is 0.713. The van der Waals surface area contributed by atoms with Crippen molar-refractivity contribution in [3.8, 4) is 5.75 Å². The Bertz CT molecular complexity index is 452. The van der Waals surface area contributed by atoms with Crippen LogP contribution in [0.3, 0.4) is 0 Å². The zero-order valence-electron chi connectivity index (χ0n) is 12.4. The van der Waals surface area contributed by atoms with E-state index in [1.807, 2.05) is 0 Å². The van der Waals surface area contributed by atoms with Crippen LogP contribution in [0.5, 0.6) is 5.75 Å². The summed E-state index contributed by atoms with van der Waals surface area (Å²) in [5.41, 5.74) is 0.120. The molecule has 0 bridgehead atoms. The van der Waals surface area contributed by atoms with Gasteiger partial charge in [0.2, 0.25) is 0 Å². The Kier molecular flexibility index (Phi) is 5.59. The number of ether oxygens (including phenoxy) is 1. The van der Waals surface area contributed by atoms with Gasteiger partial charge in [-0.25, -0.2) is 0 Å². The molecule has 5 heteroatoms. The molecule has 5 nitrogen and oxygen atoms in total. The summed E-state index contributed by atoms with van der Waals surface area (Å²) in [7, 11) is 0. The smallest absolute Gasteiger partial charge is 0.137 e. The van der Waals surface area contributed by atoms with Crippen LogP contribution < -0.4 is 14.7 Å². The fourth-order valence-electron chi connectivity index (χ4n) is 2.65. The molecule has 1 atom stereocenters. The number of likely N-dealkylation sites (tertiary alicyclic amines) is 1. The van der Waals surface area contributed by atoms with E-state index in [-0.39, 0.29) is 12.2 Å². The number of piperidine rings is 1. The van der Waals surface area contributed by atoms with Crippen LogP contribution in [0, 0.1) is 5.92 Å². The van der Waals surface area contributed by atoms with E-state index < -0.39 is 12.1 Å². The largest absolute Gasteiger partial charge is 0.545 e. The Morgan fingerprint density at radius 1 is 1.38 bits per heavy atom. The maximum atomic E-state index is 10.6. The molecule has 0 aliphatic carbocycles. The number of carboxylic acid groups (broad SMARTS) is 1. The molecule has 1 aromatic rings. The lowest BCUT2D eigenvalue weighted by Crippen LogP contribution is -3.14. The molecule has 0 unspecified atom stereocenters. The molecule has 2 N–H and O–H groups in total. The molecule has 1 saturated heterocycles. The number of hydrogen-bond acceptors (Lipinski definition) is 4. The van der Waals surface area contributed by atoms with Gasteiger partial charge in [0.25, 0.3) is 0 Å². The molecule has 0 radical (unpaired) electrons. The van der Waals surface area contributed by atoms with Crippen molar-refractivity contribution < 1.29 is 24.6 Å². The molecular formula is C16H23NO4. The Labute approximate surface area is 125 Å². The van der Waals surface area contributed by atoms with Gasteiger partial charge in [-0.05, 0) is 48.6 Å². The molecule has 0 aromatic heterocycles. The average Bonchev–Trinajstić information content (AvgIpc) is 2.48. The SMILES string of the molecule is CC1CC[NH+](C[C@@H](O)COc2ccc(C(=O)[O-])cc2)CC1. The summed E-state index contributed by atoms with van der Waals surface area (Å²) in [6.07, 6.45) is 1.93. The maximum Gasteiger partial charge on any atom is 0.137 e. The van der Waals surface area contributed by atoms with Crippen molar-refractivity contribution in [2.45, 2.75) is 25.9 Å². The molecule has 1 aliphatic rings. The third-order valence-corrected chi connectivity index (χ3v) is 4.04. The zero-order valence-corrected chi connectivity index (χ0v) is 12.4. The van der Waals surface area contributed by atoms with Crippen molar-refractivity contribution in [1.82, 2.24) is 0 Å². The van der Waals surface area contributed by atoms with Crippen molar-refractivity contribution in [1.29, 1.82) is 0 Å². The topological polar surface area (TPSA) is 74.0 Å². The van der Waals surface area contributed by atoms with E-state index in [2.05, 4.69) is 6.92 Å². The number of hydrogen-bond donors (Lipinski definition) is 2. The molecule has 21 heavy (non-hydrogen) atoms. The van der Waals surface area contributed by atoms with Gasteiger partial charge in [0, 0.05) is 0 Å². The summed E-state index contributed by atoms with van der Waals surface area (Å²) in [5, 5.41) is 20.6. The predicted molar refractivity (Wildman–Crippen MR) is 76.2 cm³/mol. The number of aliphatic hydroxyl groups excluding tert-OH is 1. The molecule has 1 fully saturated rings. The third-order valence-electron chi connectivity index (χ3n) is 4.04. The Morgan fingerprint density at radius 2 is 2.00 bits per heavy atom. The number of carbonyl (C=O) groups is 1. The second-order valence-corrected chi connectivity index (χ2v) is 5.91. The van der Waals surface area contributed by atoms with Crippen LogP contribution in [-0.2, 0) is 0 Å². The van der Waals surface area contributed by atoms with Crippen LogP contribution in [0.1, 0.15) is 30.1 Å². The van der Waals surface area contributed by atoms with Gasteiger partial charge in [-0.1, -0.05) is 6.92 Å². The number of quaternary nitrogens is 1. The van der Waals surface area contributed by atoms with Crippen LogP contribution in [0.25, 0.3) is 0 Å². The van der Waals surface area contributed by atoms with E-state index in [1.165, 1.54) is 29.9 Å². The van der Waals surface area contributed by atoms with E-state index in [1.54, 1.807) is 12.1 Å². The van der Waals surface area contributed by atoms with E-state index in [9.17, 15) is 15.0 Å². The van der Waals surface area contributed by atoms with Crippen molar-refractivity contribution in [3.63, 3.8) is 0 Å². The lowest BCUT2D eigenvalue weighted by atomic mass is 9.99. The highest BCUT2D eigenvalue weighted by Crippen LogP contribution is 2.12. The highest BCUT2D eigenvalue weighted by Gasteiger charge is 2.21. The number of nitrogens with one attached hydrogen (secondary N) is 1. The minimum absolute atomic E-state index is 0.120. The van der Waals surface area contributed by atoms with Gasteiger partial charge in [0.05, 0.1) is 19.1 Å². The summed E-state index contributed by atoms with van der Waals surface area (Å²) in [6.45, 7) is 5.41. The van der Waals surface area contributed by atoms with Crippen LogP contribution in [-0.4, -0.2) is 43.4 Å².